The number of anilines is 1. The van der Waals surface area contributed by atoms with Gasteiger partial charge in [-0.15, -0.1) is 0 Å². The summed E-state index contributed by atoms with van der Waals surface area (Å²) in [5.41, 5.74) is 2.49. The van der Waals surface area contributed by atoms with Crippen molar-refractivity contribution >= 4 is 12.1 Å². The van der Waals surface area contributed by atoms with Crippen molar-refractivity contribution in [1.82, 2.24) is 9.78 Å². The number of carbonyl (C=O) groups is 1. The molecule has 1 aliphatic rings. The van der Waals surface area contributed by atoms with Gasteiger partial charge in [-0.05, 0) is 30.9 Å². The third-order valence-electron chi connectivity index (χ3n) is 4.49. The van der Waals surface area contributed by atoms with Crippen LogP contribution in [0.1, 0.15) is 29.9 Å². The molecule has 0 amide bonds. The van der Waals surface area contributed by atoms with Crippen molar-refractivity contribution in [3.63, 3.8) is 0 Å². The standard InChI is InChI=1S/C17H21N3O/c1-12-9-19(10-13(12)2)17-16(11-21)14(3)18-20(17)15-7-5-4-6-8-15/h4-8,11-13H,9-10H2,1-3H3. The van der Waals surface area contributed by atoms with Crippen LogP contribution in [0.25, 0.3) is 5.69 Å². The molecule has 21 heavy (non-hydrogen) atoms. The fourth-order valence-corrected chi connectivity index (χ4v) is 3.02. The van der Waals surface area contributed by atoms with Gasteiger partial charge in [-0.2, -0.15) is 5.10 Å². The Labute approximate surface area is 125 Å². The first-order chi connectivity index (χ1) is 10.1. The molecule has 1 saturated heterocycles. The molecule has 0 N–H and O–H groups in total. The van der Waals surface area contributed by atoms with Gasteiger partial charge in [-0.25, -0.2) is 4.68 Å². The summed E-state index contributed by atoms with van der Waals surface area (Å²) in [6, 6.07) is 10.0. The zero-order valence-electron chi connectivity index (χ0n) is 12.8. The normalized spacial score (nSPS) is 21.8. The summed E-state index contributed by atoms with van der Waals surface area (Å²) in [5, 5.41) is 4.59. The first kappa shape index (κ1) is 13.9. The second-order valence-corrected chi connectivity index (χ2v) is 6.05. The van der Waals surface area contributed by atoms with Gasteiger partial charge in [0.05, 0.1) is 16.9 Å². The Bertz CT molecular complexity index is 638. The Morgan fingerprint density at radius 1 is 1.14 bits per heavy atom. The minimum absolute atomic E-state index is 0.629. The van der Waals surface area contributed by atoms with Crippen molar-refractivity contribution in [3.8, 4) is 5.69 Å². The van der Waals surface area contributed by atoms with Crippen molar-refractivity contribution in [2.24, 2.45) is 11.8 Å². The van der Waals surface area contributed by atoms with Gasteiger partial charge in [-0.1, -0.05) is 32.0 Å². The number of carbonyl (C=O) groups excluding carboxylic acids is 1. The number of benzene rings is 1. The molecule has 4 nitrogen and oxygen atoms in total. The van der Waals surface area contributed by atoms with Gasteiger partial charge in [0.2, 0.25) is 0 Å². The molecule has 4 heteroatoms. The van der Waals surface area contributed by atoms with Gasteiger partial charge in [0.15, 0.2) is 6.29 Å². The summed E-state index contributed by atoms with van der Waals surface area (Å²) < 4.78 is 1.91. The van der Waals surface area contributed by atoms with E-state index in [0.717, 1.165) is 36.6 Å². The summed E-state index contributed by atoms with van der Waals surface area (Å²) in [6.45, 7) is 8.37. The highest BCUT2D eigenvalue weighted by Gasteiger charge is 2.31. The number of hydrogen-bond acceptors (Lipinski definition) is 3. The molecule has 1 aliphatic heterocycles. The van der Waals surface area contributed by atoms with Crippen molar-refractivity contribution < 1.29 is 4.79 Å². The van der Waals surface area contributed by atoms with Gasteiger partial charge in [0.25, 0.3) is 0 Å². The van der Waals surface area contributed by atoms with Crippen LogP contribution in [0.3, 0.4) is 0 Å². The summed E-state index contributed by atoms with van der Waals surface area (Å²) >= 11 is 0. The average Bonchev–Trinajstić information content (AvgIpc) is 3.00. The molecule has 1 aromatic carbocycles. The quantitative estimate of drug-likeness (QED) is 0.812. The van der Waals surface area contributed by atoms with E-state index in [1.165, 1.54) is 0 Å². The minimum atomic E-state index is 0.629. The first-order valence-corrected chi connectivity index (χ1v) is 7.47. The first-order valence-electron chi connectivity index (χ1n) is 7.47. The molecule has 0 radical (unpaired) electrons. The molecule has 2 atom stereocenters. The molecule has 0 bridgehead atoms. The molecule has 1 fully saturated rings. The van der Waals surface area contributed by atoms with Crippen molar-refractivity contribution in [3.05, 3.63) is 41.6 Å². The number of rotatable bonds is 3. The number of nitrogens with zero attached hydrogens (tertiary/aromatic N) is 3. The molecule has 2 unspecified atom stereocenters. The Kier molecular flexibility index (Phi) is 3.53. The topological polar surface area (TPSA) is 38.1 Å². The smallest absolute Gasteiger partial charge is 0.155 e. The highest BCUT2D eigenvalue weighted by molar-refractivity contribution is 5.85. The maximum absolute atomic E-state index is 11.5. The van der Waals surface area contributed by atoms with Crippen molar-refractivity contribution in [2.75, 3.05) is 18.0 Å². The highest BCUT2D eigenvalue weighted by Crippen LogP contribution is 2.32. The summed E-state index contributed by atoms with van der Waals surface area (Å²) in [4.78, 5) is 13.8. The van der Waals surface area contributed by atoms with Crippen LogP contribution in [0, 0.1) is 18.8 Å². The van der Waals surface area contributed by atoms with Gasteiger partial charge >= 0.3 is 0 Å². The number of aryl methyl sites for hydroxylation is 1. The van der Waals surface area contributed by atoms with Crippen LogP contribution in [0.4, 0.5) is 5.82 Å². The van der Waals surface area contributed by atoms with Crippen LogP contribution >= 0.6 is 0 Å². The predicted molar refractivity (Wildman–Crippen MR) is 84.2 cm³/mol. The molecule has 2 aromatic rings. The van der Waals surface area contributed by atoms with Crippen molar-refractivity contribution in [2.45, 2.75) is 20.8 Å². The number of hydrogen-bond donors (Lipinski definition) is 0. The zero-order chi connectivity index (χ0) is 15.0. The van der Waals surface area contributed by atoms with Crippen LogP contribution in [0.15, 0.2) is 30.3 Å². The largest absolute Gasteiger partial charge is 0.355 e. The van der Waals surface area contributed by atoms with Gasteiger partial charge in [0.1, 0.15) is 5.82 Å². The highest BCUT2D eigenvalue weighted by atomic mass is 16.1. The lowest BCUT2D eigenvalue weighted by molar-refractivity contribution is 0.112. The summed E-state index contributed by atoms with van der Waals surface area (Å²) in [7, 11) is 0. The Balaban J connectivity index is 2.12. The van der Waals surface area contributed by atoms with Crippen molar-refractivity contribution in [1.29, 1.82) is 0 Å². The molecular weight excluding hydrogens is 262 g/mol. The maximum Gasteiger partial charge on any atom is 0.155 e. The molecule has 110 valence electrons. The third-order valence-corrected chi connectivity index (χ3v) is 4.49. The Hall–Kier alpha value is -2.10. The number of para-hydroxylation sites is 1. The van der Waals surface area contributed by atoms with E-state index in [0.29, 0.717) is 17.4 Å². The van der Waals surface area contributed by atoms with Gasteiger partial charge in [-0.3, -0.25) is 4.79 Å². The third kappa shape index (κ3) is 2.35. The minimum Gasteiger partial charge on any atom is -0.355 e. The fourth-order valence-electron chi connectivity index (χ4n) is 3.02. The van der Waals surface area contributed by atoms with E-state index >= 15 is 0 Å². The Morgan fingerprint density at radius 3 is 2.33 bits per heavy atom. The van der Waals surface area contributed by atoms with Crippen LogP contribution in [-0.4, -0.2) is 29.2 Å². The molecule has 0 aliphatic carbocycles. The second-order valence-electron chi connectivity index (χ2n) is 6.05. The van der Waals surface area contributed by atoms with Crippen LogP contribution in [0.2, 0.25) is 0 Å². The SMILES string of the molecule is Cc1nn(-c2ccccc2)c(N2CC(C)C(C)C2)c1C=O. The average molecular weight is 283 g/mol. The monoisotopic (exact) mass is 283 g/mol. The van der Waals surface area contributed by atoms with E-state index in [9.17, 15) is 4.79 Å². The van der Waals surface area contributed by atoms with Crippen LogP contribution in [-0.2, 0) is 0 Å². The van der Waals surface area contributed by atoms with Crippen LogP contribution in [0.5, 0.6) is 0 Å². The predicted octanol–water partition coefficient (Wildman–Crippen LogP) is 3.09. The molecule has 0 spiro atoms. The maximum atomic E-state index is 11.5. The molecule has 2 heterocycles. The molecule has 1 aromatic heterocycles. The van der Waals surface area contributed by atoms with E-state index < -0.39 is 0 Å². The van der Waals surface area contributed by atoms with E-state index in [-0.39, 0.29) is 0 Å². The van der Waals surface area contributed by atoms with Gasteiger partial charge in [0, 0.05) is 13.1 Å². The lowest BCUT2D eigenvalue weighted by atomic mass is 10.0. The lowest BCUT2D eigenvalue weighted by Crippen LogP contribution is -2.24. The molecular formula is C17H21N3O. The van der Waals surface area contributed by atoms with E-state index in [4.69, 9.17) is 0 Å². The fraction of sp³-hybridized carbons (Fsp3) is 0.412. The molecule has 0 saturated carbocycles. The van der Waals surface area contributed by atoms with Gasteiger partial charge < -0.3 is 4.90 Å². The lowest BCUT2D eigenvalue weighted by Gasteiger charge is -2.20. The Morgan fingerprint density at radius 2 is 1.76 bits per heavy atom. The van der Waals surface area contributed by atoms with E-state index in [1.54, 1.807) is 0 Å². The number of aldehydes is 1. The molecule has 3 rings (SSSR count). The number of aromatic nitrogens is 2. The summed E-state index contributed by atoms with van der Waals surface area (Å²) in [5.74, 6) is 2.19. The van der Waals surface area contributed by atoms with E-state index in [1.807, 2.05) is 41.9 Å². The van der Waals surface area contributed by atoms with E-state index in [2.05, 4.69) is 23.8 Å². The summed E-state index contributed by atoms with van der Waals surface area (Å²) in [6.07, 6.45) is 0.935. The van der Waals surface area contributed by atoms with Crippen LogP contribution < -0.4 is 4.90 Å². The second kappa shape index (κ2) is 5.35. The zero-order valence-corrected chi connectivity index (χ0v) is 12.8.